The van der Waals surface area contributed by atoms with Crippen molar-refractivity contribution >= 4 is 45.5 Å². The van der Waals surface area contributed by atoms with Crippen molar-refractivity contribution in [3.8, 4) is 0 Å². The summed E-state index contributed by atoms with van der Waals surface area (Å²) in [4.78, 5) is 16.9. The third-order valence-electron chi connectivity index (χ3n) is 4.11. The van der Waals surface area contributed by atoms with Gasteiger partial charge >= 0.3 is 0 Å². The fourth-order valence-electron chi connectivity index (χ4n) is 2.72. The molecule has 0 fully saturated rings. The van der Waals surface area contributed by atoms with Crippen LogP contribution in [0.5, 0.6) is 0 Å². The second-order valence-electron chi connectivity index (χ2n) is 6.31. The van der Waals surface area contributed by atoms with E-state index in [1.54, 1.807) is 11.3 Å². The Kier molecular flexibility index (Phi) is 5.40. The maximum Gasteiger partial charge on any atom is 0.277 e. The number of anilines is 1. The van der Waals surface area contributed by atoms with Crippen LogP contribution in [0, 0.1) is 6.92 Å². The number of hydrogen-bond donors (Lipinski definition) is 1. The van der Waals surface area contributed by atoms with Gasteiger partial charge in [0.1, 0.15) is 0 Å². The highest BCUT2D eigenvalue weighted by Crippen LogP contribution is 2.25. The minimum atomic E-state index is -0.374. The van der Waals surface area contributed by atoms with Crippen LogP contribution < -0.4 is 5.32 Å². The fourth-order valence-corrected chi connectivity index (χ4v) is 4.03. The molecule has 0 aliphatic rings. The Morgan fingerprint density at radius 1 is 1.21 bits per heavy atom. The number of amides is 1. The van der Waals surface area contributed by atoms with Crippen LogP contribution in [0.1, 0.15) is 23.5 Å². The van der Waals surface area contributed by atoms with Crippen molar-refractivity contribution in [1.82, 2.24) is 15.2 Å². The average molecular weight is 411 g/mol. The van der Waals surface area contributed by atoms with Crippen LogP contribution in [-0.2, 0) is 11.2 Å². The van der Waals surface area contributed by atoms with E-state index in [0.29, 0.717) is 17.5 Å². The van der Waals surface area contributed by atoms with Crippen LogP contribution in [0.3, 0.4) is 0 Å². The molecule has 0 bridgehead atoms. The van der Waals surface area contributed by atoms with Crippen molar-refractivity contribution in [2.75, 3.05) is 5.32 Å². The molecule has 2 heterocycles. The zero-order valence-corrected chi connectivity index (χ0v) is 17.0. The number of aromatic nitrogens is 3. The van der Waals surface area contributed by atoms with Crippen LogP contribution in [0.25, 0.3) is 10.8 Å². The molecule has 4 aromatic rings. The van der Waals surface area contributed by atoms with Gasteiger partial charge in [0.15, 0.2) is 0 Å². The molecule has 0 unspecified atom stereocenters. The van der Waals surface area contributed by atoms with Gasteiger partial charge in [0, 0.05) is 11.1 Å². The largest absolute Gasteiger partial charge is 0.416 e. The van der Waals surface area contributed by atoms with Gasteiger partial charge in [-0.2, -0.15) is 0 Å². The first kappa shape index (κ1) is 18.6. The van der Waals surface area contributed by atoms with Gasteiger partial charge in [-0.25, -0.2) is 4.98 Å². The lowest BCUT2D eigenvalue weighted by Crippen LogP contribution is -2.22. The summed E-state index contributed by atoms with van der Waals surface area (Å²) in [5.41, 5.74) is 1.67. The molecule has 8 heteroatoms. The maximum atomic E-state index is 12.5. The SMILES string of the molecule is Cc1nc(Cc2nnc(S[C@H](C)C(=O)Nc3ccc4ccccc4c3)o2)cs1. The number of nitrogens with zero attached hydrogens (tertiary/aromatic N) is 3. The number of hydrogen-bond acceptors (Lipinski definition) is 7. The minimum absolute atomic E-state index is 0.116. The summed E-state index contributed by atoms with van der Waals surface area (Å²) >= 11 is 2.83. The molecule has 0 aliphatic heterocycles. The van der Waals surface area contributed by atoms with Gasteiger partial charge in [-0.05, 0) is 36.8 Å². The number of carbonyl (C=O) groups is 1. The lowest BCUT2D eigenvalue weighted by molar-refractivity contribution is -0.115. The lowest BCUT2D eigenvalue weighted by Gasteiger charge is -2.10. The summed E-state index contributed by atoms with van der Waals surface area (Å²) in [7, 11) is 0. The quantitative estimate of drug-likeness (QED) is 0.464. The van der Waals surface area contributed by atoms with Gasteiger partial charge in [0.25, 0.3) is 5.22 Å². The van der Waals surface area contributed by atoms with E-state index in [1.807, 2.05) is 61.7 Å². The van der Waals surface area contributed by atoms with Crippen molar-refractivity contribution in [3.63, 3.8) is 0 Å². The highest BCUT2D eigenvalue weighted by molar-refractivity contribution is 8.00. The van der Waals surface area contributed by atoms with Crippen LogP contribution in [-0.4, -0.2) is 26.3 Å². The highest BCUT2D eigenvalue weighted by Gasteiger charge is 2.19. The number of thioether (sulfide) groups is 1. The Morgan fingerprint density at radius 2 is 2.04 bits per heavy atom. The van der Waals surface area contributed by atoms with Crippen LogP contribution in [0.2, 0.25) is 0 Å². The average Bonchev–Trinajstić information content (AvgIpc) is 3.30. The van der Waals surface area contributed by atoms with Gasteiger partial charge in [0.2, 0.25) is 11.8 Å². The number of thiazole rings is 1. The molecule has 2 aromatic carbocycles. The molecule has 4 rings (SSSR count). The van der Waals surface area contributed by atoms with Gasteiger partial charge in [-0.3, -0.25) is 4.79 Å². The van der Waals surface area contributed by atoms with Crippen molar-refractivity contribution in [2.45, 2.75) is 30.7 Å². The van der Waals surface area contributed by atoms with Gasteiger partial charge in [-0.1, -0.05) is 42.1 Å². The summed E-state index contributed by atoms with van der Waals surface area (Å²) in [5.74, 6) is 0.380. The molecule has 0 spiro atoms. The predicted molar refractivity (Wildman–Crippen MR) is 112 cm³/mol. The first-order chi connectivity index (χ1) is 13.6. The standard InChI is InChI=1S/C20H18N4O2S2/c1-12(19(25)22-16-8-7-14-5-3-4-6-15(14)9-16)28-20-24-23-18(26-20)10-17-11-27-13(2)21-17/h3-9,11-12H,10H2,1-2H3,(H,22,25)/t12-/m1/s1. The summed E-state index contributed by atoms with van der Waals surface area (Å²) in [6.45, 7) is 3.77. The van der Waals surface area contributed by atoms with E-state index < -0.39 is 0 Å². The van der Waals surface area contributed by atoms with E-state index in [2.05, 4.69) is 20.5 Å². The molecule has 6 nitrogen and oxygen atoms in total. The van der Waals surface area contributed by atoms with E-state index >= 15 is 0 Å². The monoisotopic (exact) mass is 410 g/mol. The van der Waals surface area contributed by atoms with Crippen LogP contribution >= 0.6 is 23.1 Å². The molecule has 0 saturated carbocycles. The summed E-state index contributed by atoms with van der Waals surface area (Å²) in [5, 5.41) is 16.2. The number of carbonyl (C=O) groups excluding carboxylic acids is 1. The first-order valence-electron chi connectivity index (χ1n) is 8.76. The Balaban J connectivity index is 1.37. The van der Waals surface area contributed by atoms with Crippen molar-refractivity contribution < 1.29 is 9.21 Å². The molecule has 0 saturated heterocycles. The van der Waals surface area contributed by atoms with Crippen molar-refractivity contribution in [1.29, 1.82) is 0 Å². The molecule has 0 radical (unpaired) electrons. The third-order valence-corrected chi connectivity index (χ3v) is 5.87. The normalized spacial score (nSPS) is 12.2. The van der Waals surface area contributed by atoms with E-state index in [0.717, 1.165) is 27.2 Å². The summed E-state index contributed by atoms with van der Waals surface area (Å²) < 4.78 is 5.65. The second kappa shape index (κ2) is 8.12. The molecular weight excluding hydrogens is 392 g/mol. The Hall–Kier alpha value is -2.71. The smallest absolute Gasteiger partial charge is 0.277 e. The van der Waals surface area contributed by atoms with E-state index in [4.69, 9.17) is 4.42 Å². The Labute approximate surface area is 170 Å². The minimum Gasteiger partial charge on any atom is -0.416 e. The number of benzene rings is 2. The molecule has 2 aromatic heterocycles. The first-order valence-corrected chi connectivity index (χ1v) is 10.5. The molecule has 0 aliphatic carbocycles. The molecule has 1 atom stereocenters. The van der Waals surface area contributed by atoms with Gasteiger partial charge < -0.3 is 9.73 Å². The fraction of sp³-hybridized carbons (Fsp3) is 0.200. The Morgan fingerprint density at radius 3 is 2.82 bits per heavy atom. The van der Waals surface area contributed by atoms with Gasteiger partial charge in [0.05, 0.1) is 22.4 Å². The number of rotatable bonds is 6. The topological polar surface area (TPSA) is 80.9 Å². The van der Waals surface area contributed by atoms with Crippen LogP contribution in [0.4, 0.5) is 5.69 Å². The van der Waals surface area contributed by atoms with Crippen molar-refractivity contribution in [2.24, 2.45) is 0 Å². The van der Waals surface area contributed by atoms with E-state index in [1.165, 1.54) is 11.8 Å². The predicted octanol–water partition coefficient (Wildman–Crippen LogP) is 4.70. The highest BCUT2D eigenvalue weighted by atomic mass is 32.2. The zero-order valence-electron chi connectivity index (χ0n) is 15.4. The lowest BCUT2D eigenvalue weighted by atomic mass is 10.1. The molecule has 142 valence electrons. The van der Waals surface area contributed by atoms with E-state index in [-0.39, 0.29) is 11.2 Å². The summed E-state index contributed by atoms with van der Waals surface area (Å²) in [6, 6.07) is 13.9. The summed E-state index contributed by atoms with van der Waals surface area (Å²) in [6.07, 6.45) is 0.496. The molecule has 1 N–H and O–H groups in total. The third kappa shape index (κ3) is 4.40. The molecule has 28 heavy (non-hydrogen) atoms. The van der Waals surface area contributed by atoms with Crippen molar-refractivity contribution in [3.05, 3.63) is 64.4 Å². The van der Waals surface area contributed by atoms with Gasteiger partial charge in [-0.15, -0.1) is 21.5 Å². The molecular formula is C20H18N4O2S2. The number of fused-ring (bicyclic) bond motifs is 1. The second-order valence-corrected chi connectivity index (χ2v) is 8.66. The Bertz CT molecular complexity index is 1120. The van der Waals surface area contributed by atoms with E-state index in [9.17, 15) is 4.79 Å². The van der Waals surface area contributed by atoms with Crippen LogP contribution in [0.15, 0.2) is 57.5 Å². The number of aryl methyl sites for hydroxylation is 1. The molecule has 1 amide bonds. The zero-order chi connectivity index (χ0) is 19.5. The number of nitrogens with one attached hydrogen (secondary N) is 1. The maximum absolute atomic E-state index is 12.5.